The van der Waals surface area contributed by atoms with Gasteiger partial charge in [0.15, 0.2) is 0 Å². The molecule has 0 radical (unpaired) electrons. The average Bonchev–Trinajstić information content (AvgIpc) is 2.04. The largest absolute Gasteiger partial charge is 0.381 e. The topological polar surface area (TPSA) is 82.0 Å². The molecule has 12 heavy (non-hydrogen) atoms. The van der Waals surface area contributed by atoms with Gasteiger partial charge >= 0.3 is 5.82 Å². The van der Waals surface area contributed by atoms with Gasteiger partial charge in [-0.15, -0.1) is 6.42 Å². The highest BCUT2D eigenvalue weighted by Gasteiger charge is 2.13. The lowest BCUT2D eigenvalue weighted by Gasteiger charge is -1.94. The van der Waals surface area contributed by atoms with Crippen molar-refractivity contribution in [2.24, 2.45) is 0 Å². The number of nitrogens with two attached hydrogens (primary N) is 1. The van der Waals surface area contributed by atoms with Crippen LogP contribution in [0.3, 0.4) is 0 Å². The van der Waals surface area contributed by atoms with Crippen LogP contribution in [0.4, 0.5) is 11.6 Å². The molecule has 60 valence electrons. The maximum absolute atomic E-state index is 10.3. The van der Waals surface area contributed by atoms with Gasteiger partial charge in [-0.1, -0.05) is 5.92 Å². The monoisotopic (exact) mass is 163 g/mol. The van der Waals surface area contributed by atoms with E-state index in [1.54, 1.807) is 0 Å². The fourth-order valence-corrected chi connectivity index (χ4v) is 0.715. The molecule has 1 aromatic heterocycles. The second-order valence-corrected chi connectivity index (χ2v) is 2.01. The zero-order valence-corrected chi connectivity index (χ0v) is 6.02. The standard InChI is InChI=1S/C7H5N3O2/c1-2-5-3-4-6(8)9-7(5)10(11)12/h1,3-4H,(H2,8,9). The minimum atomic E-state index is -0.661. The number of pyridine rings is 1. The Morgan fingerprint density at radius 1 is 1.67 bits per heavy atom. The number of rotatable bonds is 1. The Hall–Kier alpha value is -2.09. The molecule has 2 N–H and O–H groups in total. The van der Waals surface area contributed by atoms with Gasteiger partial charge in [0.05, 0.1) is 0 Å². The summed E-state index contributed by atoms with van der Waals surface area (Å²) in [4.78, 5) is 13.1. The quantitative estimate of drug-likeness (QED) is 0.372. The lowest BCUT2D eigenvalue weighted by atomic mass is 10.2. The molecule has 0 aliphatic carbocycles. The van der Waals surface area contributed by atoms with Crippen LogP contribution in [0.15, 0.2) is 12.1 Å². The van der Waals surface area contributed by atoms with E-state index in [2.05, 4.69) is 10.9 Å². The molecular formula is C7H5N3O2. The Balaban J connectivity index is 3.34. The molecule has 0 saturated heterocycles. The van der Waals surface area contributed by atoms with E-state index in [1.807, 2.05) is 0 Å². The number of nitrogens with zero attached hydrogens (tertiary/aromatic N) is 2. The molecule has 0 aliphatic heterocycles. The van der Waals surface area contributed by atoms with Gasteiger partial charge in [-0.05, 0) is 16.0 Å². The molecule has 1 rings (SSSR count). The summed E-state index contributed by atoms with van der Waals surface area (Å²) in [5, 5.41) is 10.3. The van der Waals surface area contributed by atoms with Gasteiger partial charge in [-0.25, -0.2) is 0 Å². The normalized spacial score (nSPS) is 8.92. The summed E-state index contributed by atoms with van der Waals surface area (Å²) in [7, 11) is 0. The summed E-state index contributed by atoms with van der Waals surface area (Å²) < 4.78 is 0. The van der Waals surface area contributed by atoms with Crippen LogP contribution in [0.2, 0.25) is 0 Å². The molecule has 0 fully saturated rings. The van der Waals surface area contributed by atoms with Crippen molar-refractivity contribution in [3.63, 3.8) is 0 Å². The maximum atomic E-state index is 10.3. The first-order valence-corrected chi connectivity index (χ1v) is 3.02. The summed E-state index contributed by atoms with van der Waals surface area (Å²) in [5.74, 6) is 1.85. The van der Waals surface area contributed by atoms with Gasteiger partial charge in [0.2, 0.25) is 5.82 Å². The molecule has 0 bridgehead atoms. The predicted molar refractivity (Wildman–Crippen MR) is 43.2 cm³/mol. The van der Waals surface area contributed by atoms with Crippen LogP contribution in [0.1, 0.15) is 5.56 Å². The van der Waals surface area contributed by atoms with Crippen molar-refractivity contribution in [1.29, 1.82) is 0 Å². The molecule has 1 aromatic rings. The summed E-state index contributed by atoms with van der Waals surface area (Å²) in [6, 6.07) is 2.81. The molecule has 0 atom stereocenters. The second-order valence-electron chi connectivity index (χ2n) is 2.01. The van der Waals surface area contributed by atoms with E-state index in [9.17, 15) is 10.1 Å². The Morgan fingerprint density at radius 2 is 2.33 bits per heavy atom. The molecule has 0 amide bonds. The third-order valence-electron chi connectivity index (χ3n) is 1.23. The van der Waals surface area contributed by atoms with Gasteiger partial charge < -0.3 is 15.8 Å². The van der Waals surface area contributed by atoms with E-state index in [0.29, 0.717) is 0 Å². The SMILES string of the molecule is C#Cc1ccc(N)nc1[N+](=O)[O-]. The summed E-state index contributed by atoms with van der Waals surface area (Å²) in [6.45, 7) is 0. The molecule has 1 heterocycles. The highest BCUT2D eigenvalue weighted by molar-refractivity contribution is 5.49. The summed E-state index contributed by atoms with van der Waals surface area (Å²) >= 11 is 0. The minimum absolute atomic E-state index is 0.0840. The minimum Gasteiger partial charge on any atom is -0.363 e. The van der Waals surface area contributed by atoms with Crippen LogP contribution in [-0.4, -0.2) is 9.91 Å². The van der Waals surface area contributed by atoms with Gasteiger partial charge in [0.1, 0.15) is 5.56 Å². The number of nitro groups is 1. The predicted octanol–water partition coefficient (Wildman–Crippen LogP) is 0.553. The van der Waals surface area contributed by atoms with E-state index < -0.39 is 4.92 Å². The maximum Gasteiger partial charge on any atom is 0.381 e. The Labute approximate surface area is 68.4 Å². The fourth-order valence-electron chi connectivity index (χ4n) is 0.715. The van der Waals surface area contributed by atoms with Crippen molar-refractivity contribution in [3.8, 4) is 12.3 Å². The third-order valence-corrected chi connectivity index (χ3v) is 1.23. The summed E-state index contributed by atoms with van der Waals surface area (Å²) in [6.07, 6.45) is 5.00. The lowest BCUT2D eigenvalue weighted by molar-refractivity contribution is -0.389. The van der Waals surface area contributed by atoms with Crippen LogP contribution < -0.4 is 5.73 Å². The van der Waals surface area contributed by atoms with Crippen LogP contribution >= 0.6 is 0 Å². The molecule has 0 aromatic carbocycles. The zero-order valence-electron chi connectivity index (χ0n) is 6.02. The molecule has 5 nitrogen and oxygen atoms in total. The number of aromatic nitrogens is 1. The van der Waals surface area contributed by atoms with Gasteiger partial charge in [0.25, 0.3) is 0 Å². The number of hydrogen-bond donors (Lipinski definition) is 1. The van der Waals surface area contributed by atoms with Gasteiger partial charge in [-0.3, -0.25) is 0 Å². The van der Waals surface area contributed by atoms with Crippen LogP contribution in [0.5, 0.6) is 0 Å². The molecule has 0 saturated carbocycles. The molecular weight excluding hydrogens is 158 g/mol. The van der Waals surface area contributed by atoms with E-state index in [0.717, 1.165) is 0 Å². The van der Waals surface area contributed by atoms with Crippen molar-refractivity contribution in [1.82, 2.24) is 4.98 Å². The van der Waals surface area contributed by atoms with Crippen LogP contribution in [0.25, 0.3) is 0 Å². The Kier molecular flexibility index (Phi) is 1.92. The van der Waals surface area contributed by atoms with Crippen molar-refractivity contribution in [2.75, 3.05) is 5.73 Å². The fraction of sp³-hybridized carbons (Fsp3) is 0. The van der Waals surface area contributed by atoms with Crippen LogP contribution in [-0.2, 0) is 0 Å². The number of anilines is 1. The second kappa shape index (κ2) is 2.88. The Bertz CT molecular complexity index is 367. The molecule has 0 aliphatic rings. The van der Waals surface area contributed by atoms with Crippen molar-refractivity contribution >= 4 is 11.6 Å². The van der Waals surface area contributed by atoms with Crippen molar-refractivity contribution in [3.05, 3.63) is 27.8 Å². The Morgan fingerprint density at radius 3 is 2.83 bits per heavy atom. The number of terminal acetylenes is 1. The molecule has 0 unspecified atom stereocenters. The van der Waals surface area contributed by atoms with E-state index in [4.69, 9.17) is 12.2 Å². The first kappa shape index (κ1) is 8.01. The first-order chi connectivity index (χ1) is 5.65. The van der Waals surface area contributed by atoms with E-state index in [-0.39, 0.29) is 17.2 Å². The van der Waals surface area contributed by atoms with Crippen molar-refractivity contribution < 1.29 is 4.92 Å². The van der Waals surface area contributed by atoms with Crippen LogP contribution in [0, 0.1) is 22.5 Å². The van der Waals surface area contributed by atoms with E-state index in [1.165, 1.54) is 12.1 Å². The molecule has 0 spiro atoms. The highest BCUT2D eigenvalue weighted by Crippen LogP contribution is 2.15. The van der Waals surface area contributed by atoms with Gasteiger partial charge in [-0.2, -0.15) is 0 Å². The average molecular weight is 163 g/mol. The zero-order chi connectivity index (χ0) is 9.14. The summed E-state index contributed by atoms with van der Waals surface area (Å²) in [5.41, 5.74) is 5.37. The van der Waals surface area contributed by atoms with Crippen molar-refractivity contribution in [2.45, 2.75) is 0 Å². The third kappa shape index (κ3) is 1.32. The molecule has 5 heteroatoms. The first-order valence-electron chi connectivity index (χ1n) is 3.02. The smallest absolute Gasteiger partial charge is 0.363 e. The number of nitrogen functional groups attached to an aromatic ring is 1. The number of hydrogen-bond acceptors (Lipinski definition) is 4. The lowest BCUT2D eigenvalue weighted by Crippen LogP contribution is -1.99. The highest BCUT2D eigenvalue weighted by atomic mass is 16.6. The van der Waals surface area contributed by atoms with Gasteiger partial charge in [0, 0.05) is 6.07 Å². The van der Waals surface area contributed by atoms with E-state index >= 15 is 0 Å².